The van der Waals surface area contributed by atoms with Crippen LogP contribution in [0.4, 0.5) is 16.4 Å². The van der Waals surface area contributed by atoms with Crippen LogP contribution in [-0.4, -0.2) is 27.1 Å². The molecule has 2 aromatic heterocycles. The molecule has 8 nitrogen and oxygen atoms in total. The lowest BCUT2D eigenvalue weighted by molar-refractivity contribution is -0.119. The van der Waals surface area contributed by atoms with E-state index >= 15 is 0 Å². The summed E-state index contributed by atoms with van der Waals surface area (Å²) in [5, 5.41) is 16.3. The number of nitrogens with zero attached hydrogens (tertiary/aromatic N) is 2. The molecule has 2 heterocycles. The molecule has 0 saturated heterocycles. The van der Waals surface area contributed by atoms with Crippen LogP contribution < -0.4 is 16.0 Å². The van der Waals surface area contributed by atoms with Crippen LogP contribution in [0.5, 0.6) is 0 Å². The van der Waals surface area contributed by atoms with E-state index in [4.69, 9.17) is 0 Å². The van der Waals surface area contributed by atoms with Crippen LogP contribution in [0, 0.1) is 5.92 Å². The highest BCUT2D eigenvalue weighted by Gasteiger charge is 2.24. The normalized spacial score (nSPS) is 15.2. The topological polar surface area (TPSA) is 112 Å². The number of aromatic amines is 1. The molecular formula is C21H24N6O2. The quantitative estimate of drug-likeness (QED) is 0.526. The highest BCUT2D eigenvalue weighted by molar-refractivity contribution is 6.01. The molecule has 1 fully saturated rings. The zero-order chi connectivity index (χ0) is 20.2. The van der Waals surface area contributed by atoms with E-state index in [2.05, 4.69) is 31.1 Å². The number of carbonyl (C=O) groups is 2. The van der Waals surface area contributed by atoms with Gasteiger partial charge in [0.25, 0.3) is 0 Å². The van der Waals surface area contributed by atoms with E-state index in [1.807, 2.05) is 37.3 Å². The summed E-state index contributed by atoms with van der Waals surface area (Å²) in [4.78, 5) is 28.9. The molecule has 3 amide bonds. The average Bonchev–Trinajstić information content (AvgIpc) is 3.39. The molecule has 1 aliphatic carbocycles. The summed E-state index contributed by atoms with van der Waals surface area (Å²) in [7, 11) is 0. The number of aromatic nitrogens is 3. The number of rotatable bonds is 5. The van der Waals surface area contributed by atoms with Crippen molar-refractivity contribution in [3.05, 3.63) is 48.2 Å². The van der Waals surface area contributed by atoms with Crippen molar-refractivity contribution in [3.8, 4) is 0 Å². The highest BCUT2D eigenvalue weighted by atomic mass is 16.2. The number of fused-ring (bicyclic) bond motifs is 1. The molecule has 4 N–H and O–H groups in total. The molecule has 0 spiro atoms. The lowest BCUT2D eigenvalue weighted by Gasteiger charge is -2.14. The second-order valence-electron chi connectivity index (χ2n) is 7.39. The number of anilines is 2. The van der Waals surface area contributed by atoms with E-state index in [-0.39, 0.29) is 23.9 Å². The fourth-order valence-electron chi connectivity index (χ4n) is 3.66. The zero-order valence-corrected chi connectivity index (χ0v) is 16.2. The first-order chi connectivity index (χ1) is 14.1. The molecular weight excluding hydrogens is 368 g/mol. The van der Waals surface area contributed by atoms with Crippen LogP contribution in [0.3, 0.4) is 0 Å². The molecule has 150 valence electrons. The number of hydrogen-bond acceptors (Lipinski definition) is 4. The zero-order valence-electron chi connectivity index (χ0n) is 16.2. The molecule has 0 radical (unpaired) electrons. The van der Waals surface area contributed by atoms with Crippen LogP contribution in [0.25, 0.3) is 10.9 Å². The number of H-pyrrole nitrogens is 1. The van der Waals surface area contributed by atoms with Gasteiger partial charge in [0, 0.05) is 18.2 Å². The Morgan fingerprint density at radius 3 is 2.66 bits per heavy atom. The Morgan fingerprint density at radius 2 is 1.90 bits per heavy atom. The van der Waals surface area contributed by atoms with E-state index < -0.39 is 0 Å². The van der Waals surface area contributed by atoms with Gasteiger partial charge in [-0.15, -0.1) is 0 Å². The maximum absolute atomic E-state index is 12.3. The minimum atomic E-state index is -0.345. The van der Waals surface area contributed by atoms with Crippen LogP contribution in [0.15, 0.2) is 42.6 Å². The fourth-order valence-corrected chi connectivity index (χ4v) is 3.66. The van der Waals surface area contributed by atoms with Crippen molar-refractivity contribution in [2.75, 3.05) is 10.6 Å². The lowest BCUT2D eigenvalue weighted by atomic mass is 10.1. The monoisotopic (exact) mass is 392 g/mol. The van der Waals surface area contributed by atoms with Crippen molar-refractivity contribution in [2.24, 2.45) is 5.92 Å². The lowest BCUT2D eigenvalue weighted by Crippen LogP contribution is -2.31. The second-order valence-corrected chi connectivity index (χ2v) is 7.39. The number of amides is 3. The molecule has 1 aliphatic rings. The minimum absolute atomic E-state index is 0.00683. The van der Waals surface area contributed by atoms with E-state index in [1.165, 1.54) is 0 Å². The first kappa shape index (κ1) is 18.9. The van der Waals surface area contributed by atoms with Gasteiger partial charge in [0.1, 0.15) is 5.82 Å². The smallest absolute Gasteiger partial charge is 0.320 e. The van der Waals surface area contributed by atoms with E-state index in [0.29, 0.717) is 22.5 Å². The molecule has 0 bridgehead atoms. The maximum Gasteiger partial charge on any atom is 0.320 e. The predicted octanol–water partition coefficient (Wildman–Crippen LogP) is 3.97. The summed E-state index contributed by atoms with van der Waals surface area (Å²) in [6, 6.07) is 10.9. The molecule has 0 aliphatic heterocycles. The van der Waals surface area contributed by atoms with Gasteiger partial charge in [-0.05, 0) is 25.3 Å². The van der Waals surface area contributed by atoms with E-state index in [1.54, 1.807) is 12.3 Å². The number of pyridine rings is 1. The summed E-state index contributed by atoms with van der Waals surface area (Å²) < 4.78 is 0. The minimum Gasteiger partial charge on any atom is -0.331 e. The van der Waals surface area contributed by atoms with Gasteiger partial charge < -0.3 is 10.6 Å². The van der Waals surface area contributed by atoms with E-state index in [9.17, 15) is 9.59 Å². The van der Waals surface area contributed by atoms with Gasteiger partial charge in [-0.2, -0.15) is 5.10 Å². The van der Waals surface area contributed by atoms with Gasteiger partial charge in [0.2, 0.25) is 5.91 Å². The summed E-state index contributed by atoms with van der Waals surface area (Å²) in [5.41, 5.74) is 1.70. The van der Waals surface area contributed by atoms with Crippen LogP contribution in [-0.2, 0) is 4.79 Å². The number of carbonyl (C=O) groups excluding carboxylic acids is 2. The Balaban J connectivity index is 1.40. The number of benzene rings is 1. The molecule has 1 aromatic carbocycles. The second kappa shape index (κ2) is 8.30. The Morgan fingerprint density at radius 1 is 1.14 bits per heavy atom. The Hall–Kier alpha value is -3.42. The van der Waals surface area contributed by atoms with Crippen LogP contribution in [0.1, 0.15) is 44.2 Å². The summed E-state index contributed by atoms with van der Waals surface area (Å²) in [5.74, 6) is 0.934. The first-order valence-corrected chi connectivity index (χ1v) is 9.87. The van der Waals surface area contributed by atoms with Crippen LogP contribution >= 0.6 is 0 Å². The summed E-state index contributed by atoms with van der Waals surface area (Å²) in [6.07, 6.45) is 5.65. The largest absolute Gasteiger partial charge is 0.331 e. The average molecular weight is 392 g/mol. The molecule has 3 aromatic rings. The molecule has 1 atom stereocenters. The van der Waals surface area contributed by atoms with Crippen molar-refractivity contribution >= 4 is 34.5 Å². The first-order valence-electron chi connectivity index (χ1n) is 9.87. The van der Waals surface area contributed by atoms with Gasteiger partial charge in [0.15, 0.2) is 5.82 Å². The third-order valence-corrected chi connectivity index (χ3v) is 5.30. The van der Waals surface area contributed by atoms with Crippen molar-refractivity contribution in [2.45, 2.75) is 38.6 Å². The standard InChI is InChI=1S/C21H24N6O2/c1-13(14-7-3-2-4-8-14)23-21(29)24-18-11-17-16(12-22-18)19(27-26-17)25-20(28)15-9-5-6-10-15/h2-4,7-8,11-13,15H,5-6,9-10H2,1H3,(H2,22,23,24,29)(H2,25,26,27,28). The number of nitrogens with one attached hydrogen (secondary N) is 4. The van der Waals surface area contributed by atoms with Crippen molar-refractivity contribution in [1.82, 2.24) is 20.5 Å². The highest BCUT2D eigenvalue weighted by Crippen LogP contribution is 2.27. The molecule has 4 rings (SSSR count). The van der Waals surface area contributed by atoms with Crippen molar-refractivity contribution < 1.29 is 9.59 Å². The van der Waals surface area contributed by atoms with Crippen molar-refractivity contribution in [1.29, 1.82) is 0 Å². The third kappa shape index (κ3) is 4.37. The third-order valence-electron chi connectivity index (χ3n) is 5.30. The molecule has 1 saturated carbocycles. The summed E-state index contributed by atoms with van der Waals surface area (Å²) in [6.45, 7) is 1.92. The van der Waals surface area contributed by atoms with Gasteiger partial charge in [-0.25, -0.2) is 9.78 Å². The maximum atomic E-state index is 12.3. The summed E-state index contributed by atoms with van der Waals surface area (Å²) >= 11 is 0. The predicted molar refractivity (Wildman–Crippen MR) is 111 cm³/mol. The Kier molecular flexibility index (Phi) is 5.41. The molecule has 29 heavy (non-hydrogen) atoms. The SMILES string of the molecule is CC(NC(=O)Nc1cc2[nH]nc(NC(=O)C3CCCC3)c2cn1)c1ccccc1. The van der Waals surface area contributed by atoms with Gasteiger partial charge in [-0.3, -0.25) is 15.2 Å². The van der Waals surface area contributed by atoms with Crippen LogP contribution in [0.2, 0.25) is 0 Å². The molecule has 8 heteroatoms. The Bertz CT molecular complexity index is 1010. The molecule has 1 unspecified atom stereocenters. The van der Waals surface area contributed by atoms with Gasteiger partial charge >= 0.3 is 6.03 Å². The number of hydrogen-bond donors (Lipinski definition) is 4. The Labute approximate surface area is 168 Å². The van der Waals surface area contributed by atoms with Gasteiger partial charge in [0.05, 0.1) is 16.9 Å². The number of urea groups is 1. The van der Waals surface area contributed by atoms with E-state index in [0.717, 1.165) is 31.2 Å². The fraction of sp³-hybridized carbons (Fsp3) is 0.333. The van der Waals surface area contributed by atoms with Crippen molar-refractivity contribution in [3.63, 3.8) is 0 Å². The van der Waals surface area contributed by atoms with Gasteiger partial charge in [-0.1, -0.05) is 43.2 Å².